The first-order valence-corrected chi connectivity index (χ1v) is 7.76. The lowest BCUT2D eigenvalue weighted by molar-refractivity contribution is -0.122. The average Bonchev–Trinajstić information content (AvgIpc) is 3.11. The molecule has 0 saturated carbocycles. The van der Waals surface area contributed by atoms with Crippen LogP contribution < -0.4 is 5.32 Å². The molecule has 0 radical (unpaired) electrons. The van der Waals surface area contributed by atoms with Crippen LogP contribution in [-0.2, 0) is 11.3 Å². The number of benzene rings is 1. The number of fused-ring (bicyclic) bond motifs is 1. The van der Waals surface area contributed by atoms with E-state index in [-0.39, 0.29) is 18.5 Å². The fourth-order valence-electron chi connectivity index (χ4n) is 2.53. The zero-order chi connectivity index (χ0) is 16.4. The Morgan fingerprint density at radius 2 is 2.13 bits per heavy atom. The maximum atomic E-state index is 12.2. The van der Waals surface area contributed by atoms with Crippen LogP contribution in [0.4, 0.5) is 0 Å². The van der Waals surface area contributed by atoms with Gasteiger partial charge in [-0.15, -0.1) is 10.2 Å². The molecule has 3 rings (SSSR count). The first kappa shape index (κ1) is 15.3. The van der Waals surface area contributed by atoms with E-state index in [0.717, 1.165) is 22.9 Å². The third-order valence-corrected chi connectivity index (χ3v) is 3.88. The molecule has 1 amide bonds. The molecule has 0 bridgehead atoms. The fourth-order valence-corrected chi connectivity index (χ4v) is 2.53. The Morgan fingerprint density at radius 1 is 1.35 bits per heavy atom. The molecule has 0 spiro atoms. The van der Waals surface area contributed by atoms with Crippen molar-refractivity contribution in [1.29, 1.82) is 0 Å². The molecule has 3 aromatic rings. The summed E-state index contributed by atoms with van der Waals surface area (Å²) in [6.07, 6.45) is 2.80. The number of carbonyl (C=O) groups excluding carboxylic acids is 1. The van der Waals surface area contributed by atoms with E-state index in [1.165, 1.54) is 0 Å². The number of nitrogens with one attached hydrogen (secondary N) is 1. The number of para-hydroxylation sites is 1. The second-order valence-electron chi connectivity index (χ2n) is 5.69. The summed E-state index contributed by atoms with van der Waals surface area (Å²) in [4.78, 5) is 12.2. The third kappa shape index (κ3) is 3.11. The number of carbonyl (C=O) groups is 1. The van der Waals surface area contributed by atoms with E-state index in [2.05, 4.69) is 15.5 Å². The van der Waals surface area contributed by atoms with Gasteiger partial charge in [0.15, 0.2) is 0 Å². The van der Waals surface area contributed by atoms with E-state index < -0.39 is 0 Å². The summed E-state index contributed by atoms with van der Waals surface area (Å²) in [6, 6.07) is 8.06. The molecule has 120 valence electrons. The van der Waals surface area contributed by atoms with Crippen LogP contribution >= 0.6 is 0 Å². The van der Waals surface area contributed by atoms with E-state index in [1.807, 2.05) is 48.9 Å². The van der Waals surface area contributed by atoms with E-state index in [9.17, 15) is 4.79 Å². The third-order valence-electron chi connectivity index (χ3n) is 3.88. The standard InChI is InChI=1S/C17H20N4O2/c1-4-11(2)18-16(22)10-21-9-14(17-20-19-12(3)23-17)13-7-5-6-8-15(13)21/h5-9,11H,4,10H2,1-3H3,(H,18,22)/t11-/m0/s1. The lowest BCUT2D eigenvalue weighted by atomic mass is 10.2. The number of nitrogens with zero attached hydrogens (tertiary/aromatic N) is 3. The zero-order valence-electron chi connectivity index (χ0n) is 13.5. The number of aryl methyl sites for hydroxylation is 1. The number of aromatic nitrogens is 3. The van der Waals surface area contributed by atoms with Crippen LogP contribution in [0.5, 0.6) is 0 Å². The second-order valence-corrected chi connectivity index (χ2v) is 5.69. The smallest absolute Gasteiger partial charge is 0.249 e. The Hall–Kier alpha value is -2.63. The Bertz CT molecular complexity index is 834. The van der Waals surface area contributed by atoms with E-state index in [4.69, 9.17) is 4.42 Å². The minimum atomic E-state index is -0.00615. The molecule has 1 N–H and O–H groups in total. The van der Waals surface area contributed by atoms with Gasteiger partial charge in [-0.2, -0.15) is 0 Å². The van der Waals surface area contributed by atoms with Crippen LogP contribution in [0, 0.1) is 6.92 Å². The van der Waals surface area contributed by atoms with E-state index in [1.54, 1.807) is 6.92 Å². The van der Waals surface area contributed by atoms with Gasteiger partial charge < -0.3 is 14.3 Å². The van der Waals surface area contributed by atoms with Crippen molar-refractivity contribution in [2.45, 2.75) is 39.8 Å². The van der Waals surface area contributed by atoms with Gasteiger partial charge in [-0.3, -0.25) is 4.79 Å². The summed E-state index contributed by atoms with van der Waals surface area (Å²) < 4.78 is 7.46. The first-order valence-electron chi connectivity index (χ1n) is 7.76. The number of amides is 1. The minimum Gasteiger partial charge on any atom is -0.421 e. The lowest BCUT2D eigenvalue weighted by Gasteiger charge is -2.12. The highest BCUT2D eigenvalue weighted by molar-refractivity contribution is 5.94. The summed E-state index contributed by atoms with van der Waals surface area (Å²) in [5.41, 5.74) is 1.81. The van der Waals surface area contributed by atoms with Crippen molar-refractivity contribution in [3.8, 4) is 11.5 Å². The maximum Gasteiger partial charge on any atom is 0.249 e. The Morgan fingerprint density at radius 3 is 2.83 bits per heavy atom. The van der Waals surface area contributed by atoms with Gasteiger partial charge in [0.1, 0.15) is 6.54 Å². The van der Waals surface area contributed by atoms with Gasteiger partial charge in [-0.25, -0.2) is 0 Å². The Balaban J connectivity index is 1.97. The summed E-state index contributed by atoms with van der Waals surface area (Å²) in [7, 11) is 0. The molecule has 2 aromatic heterocycles. The van der Waals surface area contributed by atoms with Crippen LogP contribution in [0.1, 0.15) is 26.2 Å². The molecule has 0 aliphatic carbocycles. The van der Waals surface area contributed by atoms with Crippen molar-refractivity contribution in [3.05, 3.63) is 36.4 Å². The number of rotatable bonds is 5. The highest BCUT2D eigenvalue weighted by atomic mass is 16.4. The number of hydrogen-bond acceptors (Lipinski definition) is 4. The summed E-state index contributed by atoms with van der Waals surface area (Å²) in [6.45, 7) is 6.07. The quantitative estimate of drug-likeness (QED) is 0.786. The molecule has 0 unspecified atom stereocenters. The number of hydrogen-bond donors (Lipinski definition) is 1. The molecule has 6 heteroatoms. The van der Waals surface area contributed by atoms with Gasteiger partial charge in [0.2, 0.25) is 17.7 Å². The molecule has 0 aliphatic heterocycles. The second kappa shape index (κ2) is 6.24. The van der Waals surface area contributed by atoms with Gasteiger partial charge in [0, 0.05) is 30.1 Å². The molecule has 1 aromatic carbocycles. The average molecular weight is 312 g/mol. The normalized spacial score (nSPS) is 12.5. The van der Waals surface area contributed by atoms with Gasteiger partial charge in [0.05, 0.1) is 5.56 Å². The van der Waals surface area contributed by atoms with Gasteiger partial charge in [-0.05, 0) is 19.4 Å². The fraction of sp³-hybridized carbons (Fsp3) is 0.353. The van der Waals surface area contributed by atoms with Crippen molar-refractivity contribution >= 4 is 16.8 Å². The molecule has 0 aliphatic rings. The molecular formula is C17H20N4O2. The minimum absolute atomic E-state index is 0.00615. The van der Waals surface area contributed by atoms with Crippen molar-refractivity contribution in [1.82, 2.24) is 20.1 Å². The topological polar surface area (TPSA) is 73.0 Å². The zero-order valence-corrected chi connectivity index (χ0v) is 13.5. The summed E-state index contributed by atoms with van der Waals surface area (Å²) in [5, 5.41) is 12.0. The molecule has 23 heavy (non-hydrogen) atoms. The van der Waals surface area contributed by atoms with Crippen LogP contribution in [0.3, 0.4) is 0 Å². The predicted octanol–water partition coefficient (Wildman–Crippen LogP) is 2.91. The van der Waals surface area contributed by atoms with Crippen molar-refractivity contribution < 1.29 is 9.21 Å². The summed E-state index contributed by atoms with van der Waals surface area (Å²) in [5.74, 6) is 0.986. The largest absolute Gasteiger partial charge is 0.421 e. The van der Waals surface area contributed by atoms with Gasteiger partial charge >= 0.3 is 0 Å². The SMILES string of the molecule is CC[C@H](C)NC(=O)Cn1cc(-c2nnc(C)o2)c2ccccc21. The van der Waals surface area contributed by atoms with Crippen molar-refractivity contribution in [3.63, 3.8) is 0 Å². The molecule has 1 atom stereocenters. The highest BCUT2D eigenvalue weighted by Gasteiger charge is 2.16. The van der Waals surface area contributed by atoms with Gasteiger partial charge in [0.25, 0.3) is 0 Å². The Labute approximate surface area is 134 Å². The molecule has 2 heterocycles. The maximum absolute atomic E-state index is 12.2. The lowest BCUT2D eigenvalue weighted by Crippen LogP contribution is -2.34. The monoisotopic (exact) mass is 312 g/mol. The van der Waals surface area contributed by atoms with Gasteiger partial charge in [-0.1, -0.05) is 25.1 Å². The first-order chi connectivity index (χ1) is 11.1. The Kier molecular flexibility index (Phi) is 4.14. The van der Waals surface area contributed by atoms with Crippen molar-refractivity contribution in [2.24, 2.45) is 0 Å². The predicted molar refractivity (Wildman–Crippen MR) is 87.9 cm³/mol. The molecule has 6 nitrogen and oxygen atoms in total. The molecule has 0 fully saturated rings. The summed E-state index contributed by atoms with van der Waals surface area (Å²) >= 11 is 0. The van der Waals surface area contributed by atoms with Crippen molar-refractivity contribution in [2.75, 3.05) is 0 Å². The molecular weight excluding hydrogens is 292 g/mol. The van der Waals surface area contributed by atoms with Crippen LogP contribution in [0.2, 0.25) is 0 Å². The van der Waals surface area contributed by atoms with Crippen LogP contribution in [-0.4, -0.2) is 26.7 Å². The highest BCUT2D eigenvalue weighted by Crippen LogP contribution is 2.29. The van der Waals surface area contributed by atoms with Crippen LogP contribution in [0.25, 0.3) is 22.4 Å². The molecule has 0 saturated heterocycles. The van der Waals surface area contributed by atoms with Crippen LogP contribution in [0.15, 0.2) is 34.9 Å². The van der Waals surface area contributed by atoms with E-state index >= 15 is 0 Å². The van der Waals surface area contributed by atoms with E-state index in [0.29, 0.717) is 11.8 Å².